The largest absolute Gasteiger partial charge is 0.475 e. The van der Waals surface area contributed by atoms with Gasteiger partial charge in [-0.25, -0.2) is 22.9 Å². The Morgan fingerprint density at radius 3 is 2.50 bits per heavy atom. The first-order valence-electron chi connectivity index (χ1n) is 9.57. The van der Waals surface area contributed by atoms with Crippen molar-refractivity contribution in [3.05, 3.63) is 53.6 Å². The number of hydrogen-bond donors (Lipinski definition) is 3. The number of anilines is 1. The van der Waals surface area contributed by atoms with E-state index in [4.69, 9.17) is 10.5 Å². The molecule has 0 bridgehead atoms. The number of carbonyl (C=O) groups excluding carboxylic acids is 1. The Balaban J connectivity index is 2.12. The van der Waals surface area contributed by atoms with Crippen LogP contribution in [-0.2, 0) is 0 Å². The summed E-state index contributed by atoms with van der Waals surface area (Å²) in [6.45, 7) is 1.75. The predicted molar refractivity (Wildman–Crippen MR) is 113 cm³/mol. The highest BCUT2D eigenvalue weighted by molar-refractivity contribution is 5.85. The molecule has 0 fully saturated rings. The molecule has 0 aliphatic carbocycles. The Bertz CT molecular complexity index is 1110. The van der Waals surface area contributed by atoms with Gasteiger partial charge in [-0.2, -0.15) is 4.98 Å². The van der Waals surface area contributed by atoms with Gasteiger partial charge in [-0.05, 0) is 48.9 Å². The number of urea groups is 1. The molecule has 2 aromatic heterocycles. The van der Waals surface area contributed by atoms with Gasteiger partial charge >= 0.3 is 6.03 Å². The molecule has 168 valence electrons. The lowest BCUT2D eigenvalue weighted by molar-refractivity contribution is 0.146. The number of alkyl halides is 2. The van der Waals surface area contributed by atoms with E-state index in [-0.39, 0.29) is 36.2 Å². The van der Waals surface area contributed by atoms with Crippen LogP contribution in [0.1, 0.15) is 17.8 Å². The van der Waals surface area contributed by atoms with E-state index in [1.54, 1.807) is 13.0 Å². The summed E-state index contributed by atoms with van der Waals surface area (Å²) in [5, 5.41) is 4.97. The number of nitrogens with one attached hydrogen (secondary N) is 2. The van der Waals surface area contributed by atoms with Crippen molar-refractivity contribution >= 4 is 12.0 Å². The number of aromatic nitrogens is 3. The van der Waals surface area contributed by atoms with Gasteiger partial charge < -0.3 is 21.1 Å². The van der Waals surface area contributed by atoms with Crippen LogP contribution in [0.15, 0.2) is 36.4 Å². The zero-order chi connectivity index (χ0) is 23.3. The molecule has 0 aliphatic heterocycles. The van der Waals surface area contributed by atoms with Crippen LogP contribution < -0.4 is 21.1 Å². The number of halogens is 3. The normalized spacial score (nSPS) is 10.8. The molecule has 2 amide bonds. The van der Waals surface area contributed by atoms with Crippen molar-refractivity contribution in [3.63, 3.8) is 0 Å². The van der Waals surface area contributed by atoms with Crippen LogP contribution in [0.5, 0.6) is 5.88 Å². The fourth-order valence-electron chi connectivity index (χ4n) is 2.99. The van der Waals surface area contributed by atoms with E-state index in [0.717, 1.165) is 0 Å². The van der Waals surface area contributed by atoms with Gasteiger partial charge in [0, 0.05) is 18.3 Å². The summed E-state index contributed by atoms with van der Waals surface area (Å²) in [7, 11) is 1.47. The number of amides is 2. The second-order valence-corrected chi connectivity index (χ2v) is 6.69. The number of benzene rings is 1. The Hall–Kier alpha value is -3.89. The topological polar surface area (TPSA) is 115 Å². The molecule has 0 radical (unpaired) electrons. The van der Waals surface area contributed by atoms with Crippen molar-refractivity contribution in [3.8, 4) is 28.3 Å². The molecule has 4 N–H and O–H groups in total. The number of carbonyl (C=O) groups is 1. The number of nitrogens with two attached hydrogens (primary N) is 1. The van der Waals surface area contributed by atoms with Gasteiger partial charge in [0.05, 0.1) is 17.8 Å². The van der Waals surface area contributed by atoms with Crippen LogP contribution in [0.2, 0.25) is 0 Å². The number of rotatable bonds is 7. The molecule has 32 heavy (non-hydrogen) atoms. The Kier molecular flexibility index (Phi) is 7.08. The van der Waals surface area contributed by atoms with E-state index in [0.29, 0.717) is 16.8 Å². The van der Waals surface area contributed by atoms with Crippen LogP contribution in [0.4, 0.5) is 23.9 Å². The quantitative estimate of drug-likeness (QED) is 0.479. The van der Waals surface area contributed by atoms with E-state index in [1.165, 1.54) is 37.4 Å². The maximum atomic E-state index is 13.5. The number of hydrogen-bond acceptors (Lipinski definition) is 6. The van der Waals surface area contributed by atoms with Crippen LogP contribution in [0.25, 0.3) is 22.4 Å². The smallest absolute Gasteiger partial charge is 0.314 e. The molecule has 0 spiro atoms. The first-order chi connectivity index (χ1) is 15.3. The van der Waals surface area contributed by atoms with Crippen LogP contribution in [-0.4, -0.2) is 41.2 Å². The van der Waals surface area contributed by atoms with Gasteiger partial charge in [0.25, 0.3) is 6.43 Å². The van der Waals surface area contributed by atoms with Crippen LogP contribution in [0, 0.1) is 12.7 Å². The van der Waals surface area contributed by atoms with E-state index in [1.807, 2.05) is 0 Å². The van der Waals surface area contributed by atoms with Crippen molar-refractivity contribution in [2.75, 3.05) is 25.9 Å². The zero-order valence-electron chi connectivity index (χ0n) is 17.3. The number of pyridine rings is 1. The summed E-state index contributed by atoms with van der Waals surface area (Å²) in [6, 6.07) is 7.87. The summed E-state index contributed by atoms with van der Waals surface area (Å²) >= 11 is 0. The molecule has 3 rings (SSSR count). The minimum Gasteiger partial charge on any atom is -0.475 e. The van der Waals surface area contributed by atoms with Crippen molar-refractivity contribution in [1.82, 2.24) is 25.6 Å². The average Bonchev–Trinajstić information content (AvgIpc) is 2.76. The third-order valence-corrected chi connectivity index (χ3v) is 4.35. The van der Waals surface area contributed by atoms with E-state index in [9.17, 15) is 18.0 Å². The Morgan fingerprint density at radius 2 is 1.84 bits per heavy atom. The van der Waals surface area contributed by atoms with E-state index >= 15 is 0 Å². The van der Waals surface area contributed by atoms with Crippen molar-refractivity contribution in [2.24, 2.45) is 0 Å². The maximum absolute atomic E-state index is 13.5. The van der Waals surface area contributed by atoms with E-state index < -0.39 is 24.0 Å². The highest BCUT2D eigenvalue weighted by Crippen LogP contribution is 2.39. The zero-order valence-corrected chi connectivity index (χ0v) is 17.3. The van der Waals surface area contributed by atoms with Gasteiger partial charge in [-0.1, -0.05) is 0 Å². The molecule has 3 aromatic rings. The minimum atomic E-state index is -2.79. The first kappa shape index (κ1) is 22.8. The fourth-order valence-corrected chi connectivity index (χ4v) is 2.99. The first-order valence-corrected chi connectivity index (χ1v) is 9.57. The van der Waals surface area contributed by atoms with Crippen LogP contribution >= 0.6 is 0 Å². The van der Waals surface area contributed by atoms with E-state index in [2.05, 4.69) is 25.6 Å². The summed E-state index contributed by atoms with van der Waals surface area (Å²) in [5.41, 5.74) is 7.18. The maximum Gasteiger partial charge on any atom is 0.314 e. The molecule has 0 aliphatic rings. The SMILES string of the molecule is CNC(=O)NCCOc1nc(N)nc(-c2ccc(F)cc2)c1-c1cc(C)nc(C(F)F)c1. The second kappa shape index (κ2) is 9.94. The number of nitrogen functional groups attached to an aromatic ring is 1. The van der Waals surface area contributed by atoms with Crippen LogP contribution in [0.3, 0.4) is 0 Å². The standard InChI is InChI=1S/C21H21F3N6O2/c1-11-9-13(10-15(28-11)18(23)24)16-17(12-3-5-14(22)6-4-12)29-20(25)30-19(16)32-8-7-27-21(31)26-2/h3-6,9-10,18H,7-8H2,1-2H3,(H2,25,29,30)(H2,26,27,31). The lowest BCUT2D eigenvalue weighted by Gasteiger charge is -2.16. The average molecular weight is 446 g/mol. The second-order valence-electron chi connectivity index (χ2n) is 6.69. The molecule has 0 atom stereocenters. The highest BCUT2D eigenvalue weighted by Gasteiger charge is 2.21. The molecule has 2 heterocycles. The molecule has 11 heteroatoms. The third-order valence-electron chi connectivity index (χ3n) is 4.35. The monoisotopic (exact) mass is 446 g/mol. The van der Waals surface area contributed by atoms with Gasteiger partial charge in [0.15, 0.2) is 0 Å². The lowest BCUT2D eigenvalue weighted by Crippen LogP contribution is -2.35. The fraction of sp³-hybridized carbons (Fsp3) is 0.238. The van der Waals surface area contributed by atoms with Crippen molar-refractivity contribution in [2.45, 2.75) is 13.3 Å². The highest BCUT2D eigenvalue weighted by atomic mass is 19.3. The van der Waals surface area contributed by atoms with Gasteiger partial charge in [0.2, 0.25) is 11.8 Å². The summed E-state index contributed by atoms with van der Waals surface area (Å²) in [5.74, 6) is -0.544. The predicted octanol–water partition coefficient (Wildman–Crippen LogP) is 3.48. The van der Waals surface area contributed by atoms with Crippen molar-refractivity contribution in [1.29, 1.82) is 0 Å². The number of aryl methyl sites for hydroxylation is 1. The van der Waals surface area contributed by atoms with Gasteiger partial charge in [-0.3, -0.25) is 4.98 Å². The Labute approximate surface area is 182 Å². The summed E-state index contributed by atoms with van der Waals surface area (Å²) < 4.78 is 46.0. The van der Waals surface area contributed by atoms with Gasteiger partial charge in [-0.15, -0.1) is 0 Å². The minimum absolute atomic E-state index is 0.0193. The molecule has 0 unspecified atom stereocenters. The number of ether oxygens (including phenoxy) is 1. The summed E-state index contributed by atoms with van der Waals surface area (Å²) in [4.78, 5) is 23.6. The van der Waals surface area contributed by atoms with Crippen molar-refractivity contribution < 1.29 is 22.7 Å². The molecular weight excluding hydrogens is 425 g/mol. The number of nitrogens with zero attached hydrogens (tertiary/aromatic N) is 3. The third kappa shape index (κ3) is 5.42. The Morgan fingerprint density at radius 1 is 1.12 bits per heavy atom. The van der Waals surface area contributed by atoms with Gasteiger partial charge in [0.1, 0.15) is 18.1 Å². The molecule has 1 aromatic carbocycles. The molecule has 0 saturated heterocycles. The molecular formula is C21H21F3N6O2. The molecule has 8 nitrogen and oxygen atoms in total. The molecule has 0 saturated carbocycles. The lowest BCUT2D eigenvalue weighted by atomic mass is 9.99. The summed E-state index contributed by atoms with van der Waals surface area (Å²) in [6.07, 6.45) is -2.79.